The molecule has 5 heteroatoms. The SMILES string of the molecule is CC(C)n1cnnc1-c1cnn(C)c1. The summed E-state index contributed by atoms with van der Waals surface area (Å²) in [5.74, 6) is 0.869. The maximum atomic E-state index is 4.11. The van der Waals surface area contributed by atoms with E-state index in [1.54, 1.807) is 17.2 Å². The topological polar surface area (TPSA) is 48.5 Å². The van der Waals surface area contributed by atoms with E-state index in [-0.39, 0.29) is 0 Å². The molecule has 74 valence electrons. The highest BCUT2D eigenvalue weighted by molar-refractivity contribution is 5.52. The van der Waals surface area contributed by atoms with Crippen molar-refractivity contribution in [3.05, 3.63) is 18.7 Å². The quantitative estimate of drug-likeness (QED) is 0.718. The minimum Gasteiger partial charge on any atom is -0.311 e. The van der Waals surface area contributed by atoms with E-state index in [0.717, 1.165) is 11.4 Å². The van der Waals surface area contributed by atoms with Crippen LogP contribution in [0.4, 0.5) is 0 Å². The van der Waals surface area contributed by atoms with Crippen molar-refractivity contribution in [2.75, 3.05) is 0 Å². The van der Waals surface area contributed by atoms with Crippen LogP contribution in [0.15, 0.2) is 18.7 Å². The van der Waals surface area contributed by atoms with Crippen LogP contribution >= 0.6 is 0 Å². The Morgan fingerprint density at radius 2 is 2.14 bits per heavy atom. The summed E-state index contributed by atoms with van der Waals surface area (Å²) < 4.78 is 3.78. The van der Waals surface area contributed by atoms with Crippen molar-refractivity contribution in [3.8, 4) is 11.4 Å². The molecule has 0 atom stereocenters. The van der Waals surface area contributed by atoms with E-state index < -0.39 is 0 Å². The summed E-state index contributed by atoms with van der Waals surface area (Å²) in [4.78, 5) is 0. The second-order valence-electron chi connectivity index (χ2n) is 3.56. The number of aryl methyl sites for hydroxylation is 1. The Balaban J connectivity index is 2.46. The first-order valence-corrected chi connectivity index (χ1v) is 4.57. The van der Waals surface area contributed by atoms with E-state index in [9.17, 15) is 0 Å². The van der Waals surface area contributed by atoms with Crippen molar-refractivity contribution in [2.45, 2.75) is 19.9 Å². The maximum Gasteiger partial charge on any atom is 0.167 e. The third kappa shape index (κ3) is 1.41. The lowest BCUT2D eigenvalue weighted by molar-refractivity contribution is 0.604. The fraction of sp³-hybridized carbons (Fsp3) is 0.444. The highest BCUT2D eigenvalue weighted by Crippen LogP contribution is 2.18. The van der Waals surface area contributed by atoms with Gasteiger partial charge in [0.2, 0.25) is 0 Å². The van der Waals surface area contributed by atoms with Gasteiger partial charge in [0.15, 0.2) is 5.82 Å². The van der Waals surface area contributed by atoms with Crippen LogP contribution in [-0.2, 0) is 7.05 Å². The van der Waals surface area contributed by atoms with Gasteiger partial charge in [-0.3, -0.25) is 4.68 Å². The van der Waals surface area contributed by atoms with Crippen LogP contribution in [0.5, 0.6) is 0 Å². The Morgan fingerprint density at radius 3 is 2.71 bits per heavy atom. The van der Waals surface area contributed by atoms with Crippen LogP contribution in [0.2, 0.25) is 0 Å². The normalized spacial score (nSPS) is 11.1. The Bertz CT molecular complexity index is 426. The van der Waals surface area contributed by atoms with Gasteiger partial charge in [-0.15, -0.1) is 10.2 Å². The molecule has 0 aliphatic heterocycles. The lowest BCUT2D eigenvalue weighted by Gasteiger charge is -2.07. The third-order valence-electron chi connectivity index (χ3n) is 2.09. The second kappa shape index (κ2) is 3.25. The monoisotopic (exact) mass is 191 g/mol. The minimum atomic E-state index is 0.361. The van der Waals surface area contributed by atoms with Crippen molar-refractivity contribution in [1.29, 1.82) is 0 Å². The van der Waals surface area contributed by atoms with Crippen LogP contribution in [-0.4, -0.2) is 24.5 Å². The maximum absolute atomic E-state index is 4.11. The molecule has 14 heavy (non-hydrogen) atoms. The van der Waals surface area contributed by atoms with Crippen molar-refractivity contribution in [3.63, 3.8) is 0 Å². The zero-order valence-electron chi connectivity index (χ0n) is 8.55. The highest BCUT2D eigenvalue weighted by atomic mass is 15.3. The van der Waals surface area contributed by atoms with E-state index in [1.165, 1.54) is 0 Å². The molecule has 0 saturated heterocycles. The molecule has 2 rings (SSSR count). The van der Waals surface area contributed by atoms with Gasteiger partial charge in [-0.2, -0.15) is 5.10 Å². The number of hydrogen-bond donors (Lipinski definition) is 0. The molecule has 0 fully saturated rings. The molecule has 2 aromatic rings. The van der Waals surface area contributed by atoms with Gasteiger partial charge in [0.05, 0.1) is 11.8 Å². The van der Waals surface area contributed by atoms with Gasteiger partial charge in [-0.25, -0.2) is 0 Å². The molecule has 0 N–H and O–H groups in total. The molecule has 0 spiro atoms. The molecular weight excluding hydrogens is 178 g/mol. The molecule has 0 unspecified atom stereocenters. The molecule has 2 aromatic heterocycles. The molecule has 0 aliphatic rings. The number of hydrogen-bond acceptors (Lipinski definition) is 3. The fourth-order valence-corrected chi connectivity index (χ4v) is 1.36. The lowest BCUT2D eigenvalue weighted by atomic mass is 10.3. The molecule has 5 nitrogen and oxygen atoms in total. The Hall–Kier alpha value is -1.65. The predicted octanol–water partition coefficient (Wildman–Crippen LogP) is 1.26. The van der Waals surface area contributed by atoms with Gasteiger partial charge in [0.1, 0.15) is 6.33 Å². The van der Waals surface area contributed by atoms with E-state index >= 15 is 0 Å². The van der Waals surface area contributed by atoms with Crippen LogP contribution < -0.4 is 0 Å². The lowest BCUT2D eigenvalue weighted by Crippen LogP contribution is -2.01. The summed E-state index contributed by atoms with van der Waals surface area (Å²) in [5.41, 5.74) is 0.999. The van der Waals surface area contributed by atoms with Crippen LogP contribution in [0.3, 0.4) is 0 Å². The fourth-order valence-electron chi connectivity index (χ4n) is 1.36. The number of aromatic nitrogens is 5. The predicted molar refractivity (Wildman–Crippen MR) is 52.6 cm³/mol. The first-order valence-electron chi connectivity index (χ1n) is 4.57. The van der Waals surface area contributed by atoms with Gasteiger partial charge in [-0.1, -0.05) is 0 Å². The van der Waals surface area contributed by atoms with Gasteiger partial charge < -0.3 is 4.57 Å². The molecule has 0 bridgehead atoms. The highest BCUT2D eigenvalue weighted by Gasteiger charge is 2.10. The summed E-state index contributed by atoms with van der Waals surface area (Å²) in [6, 6.07) is 0.361. The summed E-state index contributed by atoms with van der Waals surface area (Å²) >= 11 is 0. The Morgan fingerprint density at radius 1 is 1.36 bits per heavy atom. The second-order valence-corrected chi connectivity index (χ2v) is 3.56. The first kappa shape index (κ1) is 8.93. The zero-order chi connectivity index (χ0) is 10.1. The molecule has 0 saturated carbocycles. The zero-order valence-corrected chi connectivity index (χ0v) is 8.55. The molecular formula is C9H13N5. The van der Waals surface area contributed by atoms with Crippen molar-refractivity contribution in [2.24, 2.45) is 7.05 Å². The van der Waals surface area contributed by atoms with E-state index in [4.69, 9.17) is 0 Å². The standard InChI is InChI=1S/C9H13N5/c1-7(2)14-6-10-12-9(14)8-4-11-13(3)5-8/h4-7H,1-3H3. The van der Waals surface area contributed by atoms with Crippen molar-refractivity contribution in [1.82, 2.24) is 24.5 Å². The Kier molecular flexibility index (Phi) is 2.07. The van der Waals surface area contributed by atoms with Crippen molar-refractivity contribution < 1.29 is 0 Å². The average Bonchev–Trinajstić information content (AvgIpc) is 2.70. The van der Waals surface area contributed by atoms with Gasteiger partial charge in [0.25, 0.3) is 0 Å². The third-order valence-corrected chi connectivity index (χ3v) is 2.09. The van der Waals surface area contributed by atoms with Gasteiger partial charge in [-0.05, 0) is 13.8 Å². The van der Waals surface area contributed by atoms with Gasteiger partial charge in [0, 0.05) is 19.3 Å². The van der Waals surface area contributed by atoms with Gasteiger partial charge >= 0.3 is 0 Å². The molecule has 0 aliphatic carbocycles. The number of rotatable bonds is 2. The largest absolute Gasteiger partial charge is 0.311 e. The average molecular weight is 191 g/mol. The van der Waals surface area contributed by atoms with E-state index in [2.05, 4.69) is 29.1 Å². The van der Waals surface area contributed by atoms with E-state index in [0.29, 0.717) is 6.04 Å². The summed E-state index contributed by atoms with van der Waals surface area (Å²) in [6.07, 6.45) is 5.47. The van der Waals surface area contributed by atoms with Crippen molar-refractivity contribution >= 4 is 0 Å². The summed E-state index contributed by atoms with van der Waals surface area (Å²) in [6.45, 7) is 4.20. The summed E-state index contributed by atoms with van der Waals surface area (Å²) in [5, 5.41) is 12.1. The van der Waals surface area contributed by atoms with Crippen LogP contribution in [0.25, 0.3) is 11.4 Å². The molecule has 2 heterocycles. The molecule has 0 aromatic carbocycles. The van der Waals surface area contributed by atoms with E-state index in [1.807, 2.05) is 17.8 Å². The first-order chi connectivity index (χ1) is 6.68. The minimum absolute atomic E-state index is 0.361. The van der Waals surface area contributed by atoms with Crippen LogP contribution in [0.1, 0.15) is 19.9 Å². The van der Waals surface area contributed by atoms with Crippen LogP contribution in [0, 0.1) is 0 Å². The smallest absolute Gasteiger partial charge is 0.167 e. The number of nitrogens with zero attached hydrogens (tertiary/aromatic N) is 5. The summed E-state index contributed by atoms with van der Waals surface area (Å²) in [7, 11) is 1.89. The molecule has 0 radical (unpaired) electrons. The molecule has 0 amide bonds. The Labute approximate surface area is 82.4 Å².